The van der Waals surface area contributed by atoms with Gasteiger partial charge in [-0.2, -0.15) is 17.7 Å². The van der Waals surface area contributed by atoms with E-state index in [1.807, 2.05) is 12.1 Å². The van der Waals surface area contributed by atoms with E-state index < -0.39 is 15.6 Å². The minimum absolute atomic E-state index is 0.548. The van der Waals surface area contributed by atoms with E-state index in [1.165, 1.54) is 33.0 Å². The van der Waals surface area contributed by atoms with Crippen molar-refractivity contribution in [1.82, 2.24) is 4.40 Å². The summed E-state index contributed by atoms with van der Waals surface area (Å²) in [6.07, 6.45) is 2.13. The topological polar surface area (TPSA) is 74.7 Å². The Bertz CT molecular complexity index is 1650. The molecule has 0 saturated heterocycles. The number of hydrogen-bond acceptors (Lipinski definition) is 4. The molecule has 0 amide bonds. The van der Waals surface area contributed by atoms with Crippen LogP contribution < -0.4 is 9.30 Å². The van der Waals surface area contributed by atoms with E-state index in [0.717, 1.165) is 17.9 Å². The molecule has 5 rings (SSSR count). The molecule has 0 saturated carbocycles. The van der Waals surface area contributed by atoms with E-state index in [1.54, 1.807) is 7.11 Å². The molecular formula is C25H20ClF3N2O4S. The number of aromatic nitrogens is 2. The Kier molecular flexibility index (Phi) is 7.12. The maximum absolute atomic E-state index is 10.7. The lowest BCUT2D eigenvalue weighted by atomic mass is 10.0. The van der Waals surface area contributed by atoms with E-state index in [4.69, 9.17) is 29.3 Å². The molecule has 0 aliphatic carbocycles. The van der Waals surface area contributed by atoms with Crippen molar-refractivity contribution in [3.8, 4) is 17.0 Å². The molecule has 3 aromatic heterocycles. The molecule has 0 fully saturated rings. The van der Waals surface area contributed by atoms with Crippen LogP contribution in [0.2, 0.25) is 0 Å². The highest BCUT2D eigenvalue weighted by molar-refractivity contribution is 7.86. The molecule has 5 aromatic rings. The third-order valence-corrected chi connectivity index (χ3v) is 6.35. The maximum atomic E-state index is 10.7. The largest absolute Gasteiger partial charge is 0.741 e. The van der Waals surface area contributed by atoms with Gasteiger partial charge in [0, 0.05) is 28.7 Å². The molecule has 0 N–H and O–H groups in total. The second-order valence-electron chi connectivity index (χ2n) is 7.74. The first-order chi connectivity index (χ1) is 17.1. The van der Waals surface area contributed by atoms with Crippen molar-refractivity contribution in [3.63, 3.8) is 0 Å². The number of para-hydroxylation sites is 1. The van der Waals surface area contributed by atoms with Gasteiger partial charge in [0.05, 0.1) is 18.4 Å². The molecule has 3 heterocycles. The summed E-state index contributed by atoms with van der Waals surface area (Å²) in [5, 5.41) is 2.49. The minimum atomic E-state index is -6.09. The smallest absolute Gasteiger partial charge is 0.485 e. The van der Waals surface area contributed by atoms with Gasteiger partial charge in [-0.25, -0.2) is 8.42 Å². The van der Waals surface area contributed by atoms with Crippen molar-refractivity contribution in [2.45, 2.75) is 12.1 Å². The summed E-state index contributed by atoms with van der Waals surface area (Å²) in [6.45, 7) is 0.736. The third-order valence-electron chi connectivity index (χ3n) is 5.61. The van der Waals surface area contributed by atoms with Crippen molar-refractivity contribution in [3.05, 3.63) is 79.0 Å². The molecule has 0 spiro atoms. The molecule has 188 valence electrons. The van der Waals surface area contributed by atoms with E-state index in [9.17, 15) is 13.2 Å². The summed E-state index contributed by atoms with van der Waals surface area (Å²) in [5.74, 6) is 1.40. The number of ether oxygens (including phenoxy) is 1. The van der Waals surface area contributed by atoms with Crippen molar-refractivity contribution in [2.24, 2.45) is 0 Å². The fourth-order valence-electron chi connectivity index (χ4n) is 4.11. The molecule has 6 nitrogen and oxygen atoms in total. The van der Waals surface area contributed by atoms with Crippen LogP contribution >= 0.6 is 11.6 Å². The first-order valence-corrected chi connectivity index (χ1v) is 12.6. The van der Waals surface area contributed by atoms with E-state index >= 15 is 0 Å². The Morgan fingerprint density at radius 1 is 1.00 bits per heavy atom. The molecule has 0 aliphatic heterocycles. The summed E-state index contributed by atoms with van der Waals surface area (Å²) in [5.41, 5.74) is 0.240. The standard InChI is InChI=1S/C24H20ClN2O.CHF3O3S/c1-28-19-11-9-17(10-12-19)23-24-21(16-18-6-4-5-14-26(18)24)20-7-2-3-8-22(20)27(23)15-13-25;2-1(3,4)8(5,6)7/h2-12,14,16H,13,15H2,1H3;(H,5,6,7)/q+1;/p-1. The zero-order chi connectivity index (χ0) is 26.1. The van der Waals surface area contributed by atoms with Crippen LogP contribution in [0.15, 0.2) is 79.0 Å². The third kappa shape index (κ3) is 4.84. The lowest BCUT2D eigenvalue weighted by Gasteiger charge is -2.11. The van der Waals surface area contributed by atoms with E-state index in [0.29, 0.717) is 5.88 Å². The Morgan fingerprint density at radius 2 is 1.64 bits per heavy atom. The predicted octanol–water partition coefficient (Wildman–Crippen LogP) is 5.50. The SMILES string of the molecule is COc1ccc(-c2c3c(cc4ccccn43)c3ccccc3[n+]2CCCl)cc1.O=S(=O)([O-])C(F)(F)F. The summed E-state index contributed by atoms with van der Waals surface area (Å²) in [7, 11) is -4.40. The Hall–Kier alpha value is -3.34. The van der Waals surface area contributed by atoms with Gasteiger partial charge in [0.2, 0.25) is 11.2 Å². The number of benzene rings is 2. The predicted molar refractivity (Wildman–Crippen MR) is 131 cm³/mol. The first-order valence-electron chi connectivity index (χ1n) is 10.6. The first kappa shape index (κ1) is 25.7. The normalized spacial score (nSPS) is 12.1. The second kappa shape index (κ2) is 9.96. The van der Waals surface area contributed by atoms with Gasteiger partial charge in [-0.3, -0.25) is 0 Å². The van der Waals surface area contributed by atoms with Crippen LogP contribution in [0.5, 0.6) is 5.75 Å². The number of alkyl halides is 4. The van der Waals surface area contributed by atoms with Crippen molar-refractivity contribution < 1.29 is 35.4 Å². The van der Waals surface area contributed by atoms with Crippen LogP contribution in [0.3, 0.4) is 0 Å². The zero-order valence-electron chi connectivity index (χ0n) is 18.9. The minimum Gasteiger partial charge on any atom is -0.741 e. The zero-order valence-corrected chi connectivity index (χ0v) is 20.4. The number of fused-ring (bicyclic) bond motifs is 5. The number of nitrogens with zero attached hydrogens (tertiary/aromatic N) is 2. The monoisotopic (exact) mass is 536 g/mol. The van der Waals surface area contributed by atoms with E-state index in [2.05, 4.69) is 75.8 Å². The highest BCUT2D eigenvalue weighted by atomic mass is 35.5. The average molecular weight is 537 g/mol. The molecule has 36 heavy (non-hydrogen) atoms. The summed E-state index contributed by atoms with van der Waals surface area (Å²) in [4.78, 5) is 0. The van der Waals surface area contributed by atoms with Gasteiger partial charge in [-0.1, -0.05) is 18.2 Å². The van der Waals surface area contributed by atoms with Crippen LogP contribution in [0, 0.1) is 0 Å². The second-order valence-corrected chi connectivity index (χ2v) is 9.49. The van der Waals surface area contributed by atoms with Crippen molar-refractivity contribution in [1.29, 1.82) is 0 Å². The summed E-state index contributed by atoms with van der Waals surface area (Å²) in [6, 6.07) is 25.4. The fraction of sp³-hybridized carbons (Fsp3) is 0.160. The molecule has 0 radical (unpaired) electrons. The highest BCUT2D eigenvalue weighted by Crippen LogP contribution is 2.34. The van der Waals surface area contributed by atoms with Gasteiger partial charge in [0.1, 0.15) is 11.3 Å². The lowest BCUT2D eigenvalue weighted by Crippen LogP contribution is -2.38. The fourth-order valence-corrected chi connectivity index (χ4v) is 4.28. The van der Waals surface area contributed by atoms with Crippen LogP contribution in [0.4, 0.5) is 13.2 Å². The van der Waals surface area contributed by atoms with Crippen molar-refractivity contribution >= 4 is 49.0 Å². The molecule has 0 aliphatic rings. The summed E-state index contributed by atoms with van der Waals surface area (Å²) >= 11 is 6.24. The average Bonchev–Trinajstić information content (AvgIpc) is 3.23. The molecule has 0 unspecified atom stereocenters. The van der Waals surface area contributed by atoms with Crippen molar-refractivity contribution in [2.75, 3.05) is 13.0 Å². The van der Waals surface area contributed by atoms with Gasteiger partial charge >= 0.3 is 5.51 Å². The van der Waals surface area contributed by atoms with Gasteiger partial charge in [-0.15, -0.1) is 11.6 Å². The van der Waals surface area contributed by atoms with Gasteiger partial charge in [-0.05, 0) is 48.5 Å². The number of hydrogen-bond donors (Lipinski definition) is 0. The quantitative estimate of drug-likeness (QED) is 0.132. The lowest BCUT2D eigenvalue weighted by molar-refractivity contribution is -0.654. The molecule has 0 bridgehead atoms. The van der Waals surface area contributed by atoms with Crippen LogP contribution in [0.1, 0.15) is 0 Å². The van der Waals surface area contributed by atoms with E-state index in [-0.39, 0.29) is 0 Å². The van der Waals surface area contributed by atoms with Gasteiger partial charge in [0.25, 0.3) is 0 Å². The molecular weight excluding hydrogens is 517 g/mol. The highest BCUT2D eigenvalue weighted by Gasteiger charge is 2.37. The number of halogens is 4. The Balaban J connectivity index is 0.000000331. The van der Waals surface area contributed by atoms with Crippen LogP contribution in [0.25, 0.3) is 38.6 Å². The molecule has 0 atom stereocenters. The maximum Gasteiger partial charge on any atom is 0.485 e. The van der Waals surface area contributed by atoms with Gasteiger partial charge in [0.15, 0.2) is 16.7 Å². The number of aryl methyl sites for hydroxylation is 1. The number of rotatable bonds is 4. The molecule has 11 heteroatoms. The molecule has 2 aromatic carbocycles. The number of pyridine rings is 2. The van der Waals surface area contributed by atoms with Crippen LogP contribution in [-0.4, -0.2) is 35.9 Å². The summed E-state index contributed by atoms with van der Waals surface area (Å²) < 4.78 is 68.9. The van der Waals surface area contributed by atoms with Gasteiger partial charge < -0.3 is 13.7 Å². The Morgan fingerprint density at radius 3 is 2.25 bits per heavy atom. The number of methoxy groups -OCH3 is 1. The van der Waals surface area contributed by atoms with Crippen LogP contribution in [-0.2, 0) is 16.7 Å². The Labute approximate surface area is 209 Å².